The molecule has 0 aliphatic carbocycles. The van der Waals surface area contributed by atoms with E-state index in [0.29, 0.717) is 18.8 Å². The lowest BCUT2D eigenvalue weighted by Gasteiger charge is -2.34. The maximum atomic E-state index is 13.1. The molecule has 0 atom stereocenters. The number of para-hydroxylation sites is 1. The molecule has 0 bridgehead atoms. The lowest BCUT2D eigenvalue weighted by Crippen LogP contribution is -2.49. The first-order chi connectivity index (χ1) is 16.2. The average molecular weight is 446 g/mol. The number of hydrogen-bond donors (Lipinski definition) is 0. The number of aromatic nitrogens is 2. The molecule has 0 unspecified atom stereocenters. The van der Waals surface area contributed by atoms with Crippen LogP contribution in [0.3, 0.4) is 0 Å². The highest BCUT2D eigenvalue weighted by atomic mass is 16.2. The fraction of sp³-hybridized carbons (Fsp3) is 0.423. The van der Waals surface area contributed by atoms with Gasteiger partial charge in [0, 0.05) is 51.2 Å². The molecule has 2 aliphatic heterocycles. The number of benzene rings is 2. The summed E-state index contributed by atoms with van der Waals surface area (Å²) >= 11 is 0. The van der Waals surface area contributed by atoms with Gasteiger partial charge in [-0.15, -0.1) is 0 Å². The van der Waals surface area contributed by atoms with Crippen LogP contribution >= 0.6 is 0 Å². The van der Waals surface area contributed by atoms with E-state index in [-0.39, 0.29) is 18.4 Å². The highest BCUT2D eigenvalue weighted by molar-refractivity contribution is 6.05. The standard InChI is InChI=1S/C26H31N5O2/c32-24(29-17-15-28(16-18-29)19-21-9-3-1-4-10-21)20-31-23-12-6-5-11-22(23)25(27-31)26(33)30-13-7-2-8-14-30/h1,3-6,9-12H,2,7-8,13-20H2. The van der Waals surface area contributed by atoms with Gasteiger partial charge in [0.15, 0.2) is 5.69 Å². The molecular weight excluding hydrogens is 414 g/mol. The van der Waals surface area contributed by atoms with Gasteiger partial charge in [0.05, 0.1) is 5.52 Å². The summed E-state index contributed by atoms with van der Waals surface area (Å²) in [6.07, 6.45) is 3.25. The van der Waals surface area contributed by atoms with E-state index in [1.807, 2.05) is 40.1 Å². The molecule has 2 saturated heterocycles. The van der Waals surface area contributed by atoms with Crippen LogP contribution in [0.2, 0.25) is 0 Å². The zero-order chi connectivity index (χ0) is 22.6. The van der Waals surface area contributed by atoms with Crippen LogP contribution in [0.1, 0.15) is 35.3 Å². The molecule has 1 aromatic heterocycles. The summed E-state index contributed by atoms with van der Waals surface area (Å²) in [6, 6.07) is 18.2. The molecule has 0 spiro atoms. The van der Waals surface area contributed by atoms with E-state index in [0.717, 1.165) is 56.5 Å². The van der Waals surface area contributed by atoms with Gasteiger partial charge in [0.1, 0.15) is 6.54 Å². The van der Waals surface area contributed by atoms with Gasteiger partial charge in [-0.1, -0.05) is 48.5 Å². The number of fused-ring (bicyclic) bond motifs is 1. The lowest BCUT2D eigenvalue weighted by molar-refractivity contribution is -0.133. The zero-order valence-electron chi connectivity index (χ0n) is 19.0. The maximum Gasteiger partial charge on any atom is 0.275 e. The van der Waals surface area contributed by atoms with Gasteiger partial charge in [0.2, 0.25) is 5.91 Å². The Morgan fingerprint density at radius 3 is 2.21 bits per heavy atom. The molecule has 2 fully saturated rings. The summed E-state index contributed by atoms with van der Waals surface area (Å²) in [4.78, 5) is 32.5. The van der Waals surface area contributed by atoms with Crippen molar-refractivity contribution in [2.75, 3.05) is 39.3 Å². The summed E-state index contributed by atoms with van der Waals surface area (Å²) < 4.78 is 1.71. The van der Waals surface area contributed by atoms with Crippen LogP contribution in [0, 0.1) is 0 Å². The number of hydrogen-bond acceptors (Lipinski definition) is 4. The fourth-order valence-electron chi connectivity index (χ4n) is 4.88. The van der Waals surface area contributed by atoms with E-state index in [4.69, 9.17) is 0 Å². The van der Waals surface area contributed by atoms with E-state index < -0.39 is 0 Å². The van der Waals surface area contributed by atoms with Crippen LogP contribution in [-0.4, -0.2) is 75.6 Å². The second kappa shape index (κ2) is 9.75. The maximum absolute atomic E-state index is 13.1. The van der Waals surface area contributed by atoms with Crippen LogP contribution in [0.4, 0.5) is 0 Å². The molecule has 172 valence electrons. The van der Waals surface area contributed by atoms with Crippen molar-refractivity contribution in [3.8, 4) is 0 Å². The van der Waals surface area contributed by atoms with E-state index in [9.17, 15) is 9.59 Å². The summed E-state index contributed by atoms with van der Waals surface area (Å²) in [5.74, 6) is 0.0335. The van der Waals surface area contributed by atoms with Gasteiger partial charge in [-0.25, -0.2) is 0 Å². The van der Waals surface area contributed by atoms with Crippen molar-refractivity contribution in [3.63, 3.8) is 0 Å². The predicted molar refractivity (Wildman–Crippen MR) is 128 cm³/mol. The van der Waals surface area contributed by atoms with Gasteiger partial charge in [0.25, 0.3) is 5.91 Å². The molecule has 33 heavy (non-hydrogen) atoms. The van der Waals surface area contributed by atoms with Crippen LogP contribution in [0.15, 0.2) is 54.6 Å². The van der Waals surface area contributed by atoms with Crippen molar-refractivity contribution in [1.82, 2.24) is 24.5 Å². The molecule has 0 N–H and O–H groups in total. The van der Waals surface area contributed by atoms with Crippen molar-refractivity contribution in [3.05, 3.63) is 65.9 Å². The largest absolute Gasteiger partial charge is 0.339 e. The van der Waals surface area contributed by atoms with Gasteiger partial charge >= 0.3 is 0 Å². The average Bonchev–Trinajstić information content (AvgIpc) is 3.23. The van der Waals surface area contributed by atoms with Crippen molar-refractivity contribution < 1.29 is 9.59 Å². The third-order valence-corrected chi connectivity index (χ3v) is 6.76. The van der Waals surface area contributed by atoms with Crippen LogP contribution in [0.25, 0.3) is 10.9 Å². The summed E-state index contributed by atoms with van der Waals surface area (Å²) in [5.41, 5.74) is 2.60. The topological polar surface area (TPSA) is 61.7 Å². The number of likely N-dealkylation sites (tertiary alicyclic amines) is 1. The first-order valence-electron chi connectivity index (χ1n) is 12.0. The Morgan fingerprint density at radius 2 is 1.45 bits per heavy atom. The SMILES string of the molecule is O=C(Cn1nc(C(=O)N2CCCCC2)c2ccccc21)N1CCN(Cc2ccccc2)CC1. The van der Waals surface area contributed by atoms with Crippen LogP contribution in [-0.2, 0) is 17.9 Å². The smallest absolute Gasteiger partial charge is 0.275 e. The van der Waals surface area contributed by atoms with Gasteiger partial charge in [-0.3, -0.25) is 19.2 Å². The predicted octanol–water partition coefficient (Wildman–Crippen LogP) is 3.01. The Balaban J connectivity index is 1.25. The molecular formula is C26H31N5O2. The minimum atomic E-state index is -0.0216. The number of carbonyl (C=O) groups excluding carboxylic acids is 2. The molecule has 7 nitrogen and oxygen atoms in total. The van der Waals surface area contributed by atoms with Crippen molar-refractivity contribution >= 4 is 22.7 Å². The molecule has 0 radical (unpaired) electrons. The fourth-order valence-corrected chi connectivity index (χ4v) is 4.88. The Hall–Kier alpha value is -3.19. The second-order valence-corrected chi connectivity index (χ2v) is 9.02. The summed E-state index contributed by atoms with van der Waals surface area (Å²) in [6.45, 7) is 5.78. The molecule has 0 saturated carbocycles. The number of carbonyl (C=O) groups is 2. The molecule has 7 heteroatoms. The minimum Gasteiger partial charge on any atom is -0.339 e. The number of piperazine rings is 1. The van der Waals surface area contributed by atoms with Crippen LogP contribution in [0.5, 0.6) is 0 Å². The third kappa shape index (κ3) is 4.78. The van der Waals surface area contributed by atoms with Crippen molar-refractivity contribution in [2.45, 2.75) is 32.4 Å². The molecule has 2 aliphatic rings. The third-order valence-electron chi connectivity index (χ3n) is 6.76. The van der Waals surface area contributed by atoms with E-state index in [1.165, 1.54) is 12.0 Å². The first kappa shape index (κ1) is 21.6. The quantitative estimate of drug-likeness (QED) is 0.606. The molecule has 3 aromatic rings. The molecule has 3 heterocycles. The van der Waals surface area contributed by atoms with Crippen molar-refractivity contribution in [2.24, 2.45) is 0 Å². The number of piperidine rings is 1. The Kier molecular flexibility index (Phi) is 6.39. The number of nitrogens with zero attached hydrogens (tertiary/aromatic N) is 5. The highest BCUT2D eigenvalue weighted by Crippen LogP contribution is 2.22. The van der Waals surface area contributed by atoms with E-state index in [1.54, 1.807) is 4.68 Å². The van der Waals surface area contributed by atoms with E-state index in [2.05, 4.69) is 34.3 Å². The van der Waals surface area contributed by atoms with Gasteiger partial charge < -0.3 is 9.80 Å². The number of amides is 2. The Bertz CT molecular complexity index is 1110. The lowest BCUT2D eigenvalue weighted by atomic mass is 10.1. The summed E-state index contributed by atoms with van der Waals surface area (Å²) in [5, 5.41) is 5.46. The molecule has 5 rings (SSSR count). The highest BCUT2D eigenvalue weighted by Gasteiger charge is 2.26. The Labute approximate surface area is 194 Å². The monoisotopic (exact) mass is 445 g/mol. The van der Waals surface area contributed by atoms with Gasteiger partial charge in [-0.2, -0.15) is 5.10 Å². The Morgan fingerprint density at radius 1 is 0.758 bits per heavy atom. The number of rotatable bonds is 5. The molecule has 2 amide bonds. The van der Waals surface area contributed by atoms with Crippen molar-refractivity contribution in [1.29, 1.82) is 0 Å². The first-order valence-corrected chi connectivity index (χ1v) is 12.0. The normalized spacial score (nSPS) is 17.5. The molecule has 2 aromatic carbocycles. The zero-order valence-corrected chi connectivity index (χ0v) is 19.0. The summed E-state index contributed by atoms with van der Waals surface area (Å²) in [7, 11) is 0. The minimum absolute atomic E-state index is 0.0216. The van der Waals surface area contributed by atoms with Crippen LogP contribution < -0.4 is 0 Å². The van der Waals surface area contributed by atoms with Gasteiger partial charge in [-0.05, 0) is 30.9 Å². The second-order valence-electron chi connectivity index (χ2n) is 9.02. The van der Waals surface area contributed by atoms with E-state index >= 15 is 0 Å².